The van der Waals surface area contributed by atoms with Crippen LogP contribution in [0.2, 0.25) is 0 Å². The smallest absolute Gasteiger partial charge is 0.255 e. The number of nitrogen functional groups attached to an aromatic ring is 1. The fraction of sp³-hybridized carbons (Fsp3) is 0.370. The van der Waals surface area contributed by atoms with Gasteiger partial charge in [-0.25, -0.2) is 9.97 Å². The molecule has 3 aromatic rings. The lowest BCUT2D eigenvalue weighted by Crippen LogP contribution is -2.29. The number of likely N-dealkylation sites (tertiary alicyclic amines) is 1. The summed E-state index contributed by atoms with van der Waals surface area (Å²) in [6.45, 7) is 8.87. The Kier molecular flexibility index (Phi) is 6.87. The first kappa shape index (κ1) is 23.4. The number of carbonyl (C=O) groups is 1. The maximum Gasteiger partial charge on any atom is 0.255 e. The average Bonchev–Trinajstić information content (AvgIpc) is 3.36. The number of hydrogen-bond donors (Lipinski definition) is 2. The lowest BCUT2D eigenvalue weighted by atomic mass is 10.0. The molecule has 176 valence electrons. The molecule has 3 heterocycles. The standard InChI is InChI=1S/C27H32N6O/c1-5-11-22-23(27(34)31-21(7-3)19-12-9-8-10-13-19)24-25(28)29-17-30-26(24)33(22)20-15-18(4)32(16-20)14-6-2/h6,8-10,12-14,17-18,20-21H,7,15-16H2,1-4H3,(H,31,34)(H2,28,29,30)/t18-,20+,21+/m0/s1. The number of fused-ring (bicyclic) bond motifs is 1. The van der Waals surface area contributed by atoms with Gasteiger partial charge in [-0.05, 0) is 51.3 Å². The van der Waals surface area contributed by atoms with E-state index >= 15 is 0 Å². The Hall–Kier alpha value is -3.79. The predicted octanol–water partition coefficient (Wildman–Crippen LogP) is 4.43. The fourth-order valence-corrected chi connectivity index (χ4v) is 4.92. The summed E-state index contributed by atoms with van der Waals surface area (Å²) in [4.78, 5) is 24.9. The first-order valence-electron chi connectivity index (χ1n) is 11.8. The number of amides is 1. The van der Waals surface area contributed by atoms with E-state index in [0.29, 0.717) is 28.3 Å². The van der Waals surface area contributed by atoms with Crippen LogP contribution >= 0.6 is 0 Å². The van der Waals surface area contributed by atoms with Gasteiger partial charge in [0.1, 0.15) is 23.5 Å². The minimum atomic E-state index is -0.213. The second-order valence-electron chi connectivity index (χ2n) is 8.69. The highest BCUT2D eigenvalue weighted by atomic mass is 16.1. The van der Waals surface area contributed by atoms with Gasteiger partial charge in [0.25, 0.3) is 5.91 Å². The van der Waals surface area contributed by atoms with Crippen molar-refractivity contribution in [3.63, 3.8) is 0 Å². The van der Waals surface area contributed by atoms with Crippen molar-refractivity contribution in [2.75, 3.05) is 12.3 Å². The quantitative estimate of drug-likeness (QED) is 0.536. The number of allylic oxidation sites excluding steroid dienone is 1. The van der Waals surface area contributed by atoms with Crippen molar-refractivity contribution in [3.8, 4) is 11.8 Å². The van der Waals surface area contributed by atoms with E-state index in [1.807, 2.05) is 43.3 Å². The van der Waals surface area contributed by atoms with Crippen LogP contribution in [0.5, 0.6) is 0 Å². The van der Waals surface area contributed by atoms with Gasteiger partial charge in [-0.3, -0.25) is 4.79 Å². The van der Waals surface area contributed by atoms with Gasteiger partial charge < -0.3 is 20.5 Å². The third kappa shape index (κ3) is 4.24. The third-order valence-electron chi connectivity index (χ3n) is 6.51. The van der Waals surface area contributed by atoms with Gasteiger partial charge in [0.2, 0.25) is 0 Å². The molecule has 4 rings (SSSR count). The highest BCUT2D eigenvalue weighted by Gasteiger charge is 2.34. The molecule has 1 fully saturated rings. The molecule has 3 N–H and O–H groups in total. The topological polar surface area (TPSA) is 89.1 Å². The highest BCUT2D eigenvalue weighted by molar-refractivity contribution is 6.12. The maximum absolute atomic E-state index is 13.8. The molecule has 7 heteroatoms. The molecule has 1 aromatic carbocycles. The Morgan fingerprint density at radius 1 is 1.32 bits per heavy atom. The largest absolute Gasteiger partial charge is 0.383 e. The number of hydrogen-bond acceptors (Lipinski definition) is 5. The normalized spacial score (nSPS) is 18.8. The van der Waals surface area contributed by atoms with Crippen molar-refractivity contribution < 1.29 is 4.79 Å². The van der Waals surface area contributed by atoms with Crippen LogP contribution in [0.3, 0.4) is 0 Å². The van der Waals surface area contributed by atoms with Crippen LogP contribution in [0.15, 0.2) is 48.9 Å². The molecule has 0 aliphatic carbocycles. The van der Waals surface area contributed by atoms with Gasteiger partial charge in [0, 0.05) is 12.6 Å². The second-order valence-corrected chi connectivity index (χ2v) is 8.69. The van der Waals surface area contributed by atoms with Crippen molar-refractivity contribution >= 4 is 22.8 Å². The van der Waals surface area contributed by atoms with Crippen molar-refractivity contribution in [1.82, 2.24) is 24.8 Å². The van der Waals surface area contributed by atoms with E-state index in [9.17, 15) is 4.79 Å². The number of carbonyl (C=O) groups excluding carboxylic acids is 1. The molecule has 1 aliphatic heterocycles. The Labute approximate surface area is 201 Å². The van der Waals surface area contributed by atoms with Crippen LogP contribution in [0.25, 0.3) is 11.0 Å². The van der Waals surface area contributed by atoms with E-state index < -0.39 is 0 Å². The SMILES string of the molecule is CC#Cc1c(C(=O)N[C@H](CC)c2ccccc2)c2c(N)ncnc2n1[C@@H]1C[C@H](C)N(C=CC)C1. The Morgan fingerprint density at radius 2 is 2.09 bits per heavy atom. The van der Waals surface area contributed by atoms with E-state index in [0.717, 1.165) is 24.9 Å². The first-order valence-corrected chi connectivity index (χ1v) is 11.8. The van der Waals surface area contributed by atoms with E-state index in [1.165, 1.54) is 6.33 Å². The number of nitrogens with one attached hydrogen (secondary N) is 1. The van der Waals surface area contributed by atoms with Gasteiger partial charge >= 0.3 is 0 Å². The number of nitrogens with zero attached hydrogens (tertiary/aromatic N) is 4. The lowest BCUT2D eigenvalue weighted by Gasteiger charge is -2.19. The zero-order chi connectivity index (χ0) is 24.2. The Bertz CT molecular complexity index is 1270. The van der Waals surface area contributed by atoms with E-state index in [4.69, 9.17) is 5.73 Å². The van der Waals surface area contributed by atoms with Gasteiger partial charge in [0.15, 0.2) is 0 Å². The molecular weight excluding hydrogens is 424 g/mol. The summed E-state index contributed by atoms with van der Waals surface area (Å²) in [7, 11) is 0. The zero-order valence-corrected chi connectivity index (χ0v) is 20.2. The molecule has 2 aromatic heterocycles. The van der Waals surface area contributed by atoms with Gasteiger partial charge in [-0.15, -0.1) is 0 Å². The van der Waals surface area contributed by atoms with E-state index in [1.54, 1.807) is 6.92 Å². The fourth-order valence-electron chi connectivity index (χ4n) is 4.92. The van der Waals surface area contributed by atoms with E-state index in [-0.39, 0.29) is 23.8 Å². The monoisotopic (exact) mass is 456 g/mol. The lowest BCUT2D eigenvalue weighted by molar-refractivity contribution is 0.0936. The van der Waals surface area contributed by atoms with Crippen LogP contribution in [-0.2, 0) is 0 Å². The maximum atomic E-state index is 13.8. The molecule has 0 radical (unpaired) electrons. The van der Waals surface area contributed by atoms with Crippen molar-refractivity contribution in [2.24, 2.45) is 0 Å². The van der Waals surface area contributed by atoms with Gasteiger partial charge in [-0.2, -0.15) is 0 Å². The zero-order valence-electron chi connectivity index (χ0n) is 20.2. The molecule has 3 atom stereocenters. The minimum absolute atomic E-state index is 0.108. The van der Waals surface area contributed by atoms with E-state index in [2.05, 4.69) is 56.6 Å². The van der Waals surface area contributed by atoms with Crippen LogP contribution in [0.4, 0.5) is 5.82 Å². The number of benzene rings is 1. The third-order valence-corrected chi connectivity index (χ3v) is 6.51. The average molecular weight is 457 g/mol. The summed E-state index contributed by atoms with van der Waals surface area (Å²) in [5.41, 5.74) is 9.14. The molecule has 34 heavy (non-hydrogen) atoms. The van der Waals surface area contributed by atoms with Crippen LogP contribution < -0.4 is 11.1 Å². The molecule has 1 aliphatic rings. The summed E-state index contributed by atoms with van der Waals surface area (Å²) in [5, 5.41) is 3.77. The second kappa shape index (κ2) is 10.0. The highest BCUT2D eigenvalue weighted by Crippen LogP contribution is 2.36. The molecule has 0 spiro atoms. The van der Waals surface area contributed by atoms with Crippen LogP contribution in [0, 0.1) is 11.8 Å². The summed E-state index contributed by atoms with van der Waals surface area (Å²) in [6.07, 6.45) is 7.30. The molecule has 0 bridgehead atoms. The molecule has 7 nitrogen and oxygen atoms in total. The molecule has 0 unspecified atom stereocenters. The molecule has 0 saturated carbocycles. The van der Waals surface area contributed by atoms with Crippen LogP contribution in [0.1, 0.15) is 74.2 Å². The summed E-state index contributed by atoms with van der Waals surface area (Å²) < 4.78 is 2.10. The number of nitrogens with two attached hydrogens (primary N) is 1. The Balaban J connectivity index is 1.84. The first-order chi connectivity index (χ1) is 16.5. The van der Waals surface area contributed by atoms with Crippen molar-refractivity contribution in [2.45, 2.75) is 58.7 Å². The van der Waals surface area contributed by atoms with Crippen molar-refractivity contribution in [3.05, 3.63) is 65.8 Å². The van der Waals surface area contributed by atoms with Gasteiger partial charge in [0.05, 0.1) is 23.0 Å². The van der Waals surface area contributed by atoms with Gasteiger partial charge in [-0.1, -0.05) is 49.3 Å². The number of rotatable bonds is 6. The number of aromatic nitrogens is 3. The summed E-state index contributed by atoms with van der Waals surface area (Å²) >= 11 is 0. The number of anilines is 1. The summed E-state index contributed by atoms with van der Waals surface area (Å²) in [5.74, 6) is 6.28. The summed E-state index contributed by atoms with van der Waals surface area (Å²) in [6, 6.07) is 10.3. The molecular formula is C27H32N6O. The predicted molar refractivity (Wildman–Crippen MR) is 136 cm³/mol. The Morgan fingerprint density at radius 3 is 2.76 bits per heavy atom. The minimum Gasteiger partial charge on any atom is -0.383 e. The van der Waals surface area contributed by atoms with Crippen molar-refractivity contribution in [1.29, 1.82) is 0 Å². The van der Waals surface area contributed by atoms with Crippen LogP contribution in [-0.4, -0.2) is 37.9 Å². The molecule has 1 amide bonds. The molecule has 1 saturated heterocycles.